The second kappa shape index (κ2) is 6.39. The van der Waals surface area contributed by atoms with E-state index in [0.717, 1.165) is 28.1 Å². The summed E-state index contributed by atoms with van der Waals surface area (Å²) in [7, 11) is 0. The van der Waals surface area contributed by atoms with Crippen molar-refractivity contribution in [1.29, 1.82) is 0 Å². The van der Waals surface area contributed by atoms with Gasteiger partial charge in [0.05, 0.1) is 0 Å². The van der Waals surface area contributed by atoms with Gasteiger partial charge in [-0.05, 0) is 22.4 Å². The summed E-state index contributed by atoms with van der Waals surface area (Å²) in [5, 5.41) is 11.2. The van der Waals surface area contributed by atoms with Gasteiger partial charge in [-0.15, -0.1) is 0 Å². The molecule has 0 bridgehead atoms. The Kier molecular flexibility index (Phi) is 4.58. The van der Waals surface area contributed by atoms with E-state index in [1.807, 2.05) is 42.5 Å². The van der Waals surface area contributed by atoms with E-state index in [1.54, 1.807) is 6.08 Å². The quantitative estimate of drug-likeness (QED) is 0.873. The summed E-state index contributed by atoms with van der Waals surface area (Å²) in [6, 6.07) is 13.6. The Balaban J connectivity index is 2.43. The molecule has 20 heavy (non-hydrogen) atoms. The molecule has 1 N–H and O–H groups in total. The molecule has 0 aliphatic heterocycles. The molecule has 0 aromatic heterocycles. The van der Waals surface area contributed by atoms with Crippen LogP contribution in [0.1, 0.15) is 12.5 Å². The molecule has 0 atom stereocenters. The van der Waals surface area contributed by atoms with E-state index in [-0.39, 0.29) is 16.4 Å². The van der Waals surface area contributed by atoms with E-state index in [9.17, 15) is 14.7 Å². The van der Waals surface area contributed by atoms with E-state index in [4.69, 9.17) is 0 Å². The van der Waals surface area contributed by atoms with Gasteiger partial charge in [0.15, 0.2) is 5.12 Å². The third kappa shape index (κ3) is 3.48. The molecule has 0 fully saturated rings. The lowest BCUT2D eigenvalue weighted by Crippen LogP contribution is -2.04. The van der Waals surface area contributed by atoms with E-state index in [1.165, 1.54) is 6.92 Å². The number of carbonyl (C=O) groups is 2. The summed E-state index contributed by atoms with van der Waals surface area (Å²) < 4.78 is 0. The largest absolute Gasteiger partial charge is 0.478 e. The smallest absolute Gasteiger partial charge is 0.332 e. The molecule has 0 unspecified atom stereocenters. The first-order chi connectivity index (χ1) is 9.58. The third-order valence-corrected chi connectivity index (χ3v) is 3.72. The Labute approximate surface area is 121 Å². The van der Waals surface area contributed by atoms with Gasteiger partial charge in [0, 0.05) is 18.2 Å². The number of hydrogen-bond donors (Lipinski definition) is 1. The lowest BCUT2D eigenvalue weighted by molar-refractivity contribution is -0.132. The standard InChI is InChI=1S/C16H14O3S/c1-11(17)20-10-14(16(18)19)9-13-7-4-6-12-5-2-3-8-15(12)13/h2-9H,10H2,1H3,(H,18,19). The van der Waals surface area contributed by atoms with Crippen molar-refractivity contribution in [2.45, 2.75) is 6.92 Å². The summed E-state index contributed by atoms with van der Waals surface area (Å²) in [5.74, 6) is -0.819. The van der Waals surface area contributed by atoms with Crippen LogP contribution in [-0.4, -0.2) is 21.9 Å². The zero-order valence-corrected chi connectivity index (χ0v) is 11.8. The van der Waals surface area contributed by atoms with Gasteiger partial charge in [0.25, 0.3) is 0 Å². The molecule has 2 rings (SSSR count). The molecule has 0 spiro atoms. The Hall–Kier alpha value is -2.07. The van der Waals surface area contributed by atoms with Crippen LogP contribution in [-0.2, 0) is 9.59 Å². The maximum atomic E-state index is 11.3. The van der Waals surface area contributed by atoms with Crippen LogP contribution >= 0.6 is 11.8 Å². The Morgan fingerprint density at radius 1 is 1.15 bits per heavy atom. The number of hydrogen-bond acceptors (Lipinski definition) is 3. The highest BCUT2D eigenvalue weighted by Gasteiger charge is 2.10. The summed E-state index contributed by atoms with van der Waals surface area (Å²) in [4.78, 5) is 22.2. The lowest BCUT2D eigenvalue weighted by atomic mass is 10.0. The van der Waals surface area contributed by atoms with Crippen LogP contribution < -0.4 is 0 Å². The fraction of sp³-hybridized carbons (Fsp3) is 0.125. The topological polar surface area (TPSA) is 54.4 Å². The van der Waals surface area contributed by atoms with Crippen LogP contribution in [0.2, 0.25) is 0 Å². The zero-order valence-electron chi connectivity index (χ0n) is 11.0. The van der Waals surface area contributed by atoms with Gasteiger partial charge in [-0.25, -0.2) is 4.79 Å². The number of carboxylic acids is 1. The molecular formula is C16H14O3S. The third-order valence-electron chi connectivity index (χ3n) is 2.86. The molecule has 0 amide bonds. The van der Waals surface area contributed by atoms with Gasteiger partial charge < -0.3 is 5.11 Å². The molecule has 102 valence electrons. The Bertz CT molecular complexity index is 684. The van der Waals surface area contributed by atoms with Crippen molar-refractivity contribution in [3.63, 3.8) is 0 Å². The average Bonchev–Trinajstić information content (AvgIpc) is 2.43. The second-order valence-electron chi connectivity index (χ2n) is 4.32. The number of benzene rings is 2. The number of aliphatic carboxylic acids is 1. The van der Waals surface area contributed by atoms with E-state index >= 15 is 0 Å². The van der Waals surface area contributed by atoms with Crippen molar-refractivity contribution in [1.82, 2.24) is 0 Å². The number of fused-ring (bicyclic) bond motifs is 1. The second-order valence-corrected chi connectivity index (χ2v) is 5.48. The molecule has 0 saturated heterocycles. The minimum absolute atomic E-state index is 0.0879. The molecule has 2 aromatic rings. The van der Waals surface area contributed by atoms with Crippen molar-refractivity contribution in [3.8, 4) is 0 Å². The van der Waals surface area contributed by atoms with Gasteiger partial charge >= 0.3 is 5.97 Å². The fourth-order valence-electron chi connectivity index (χ4n) is 1.91. The van der Waals surface area contributed by atoms with Crippen molar-refractivity contribution in [3.05, 3.63) is 53.6 Å². The molecule has 0 aliphatic carbocycles. The number of rotatable bonds is 4. The van der Waals surface area contributed by atoms with Crippen LogP contribution in [0.15, 0.2) is 48.0 Å². The van der Waals surface area contributed by atoms with Crippen molar-refractivity contribution in [2.75, 3.05) is 5.75 Å². The highest BCUT2D eigenvalue weighted by molar-refractivity contribution is 8.13. The summed E-state index contributed by atoms with van der Waals surface area (Å²) in [6.07, 6.45) is 1.64. The number of thioether (sulfide) groups is 1. The first-order valence-corrected chi connectivity index (χ1v) is 7.11. The van der Waals surface area contributed by atoms with Gasteiger partial charge in [-0.2, -0.15) is 0 Å². The predicted molar refractivity (Wildman–Crippen MR) is 82.7 cm³/mol. The van der Waals surface area contributed by atoms with Crippen molar-refractivity contribution < 1.29 is 14.7 Å². The predicted octanol–water partition coefficient (Wildman–Crippen LogP) is 3.59. The van der Waals surface area contributed by atoms with Gasteiger partial charge in [0.1, 0.15) is 0 Å². The van der Waals surface area contributed by atoms with Crippen LogP contribution in [0, 0.1) is 0 Å². The van der Waals surface area contributed by atoms with Crippen molar-refractivity contribution >= 4 is 39.7 Å². The first kappa shape index (κ1) is 14.3. The Morgan fingerprint density at radius 3 is 2.55 bits per heavy atom. The molecular weight excluding hydrogens is 272 g/mol. The maximum absolute atomic E-state index is 11.3. The molecule has 0 aliphatic rings. The van der Waals surface area contributed by atoms with Gasteiger partial charge in [-0.1, -0.05) is 54.2 Å². The zero-order chi connectivity index (χ0) is 14.5. The normalized spacial score (nSPS) is 11.6. The van der Waals surface area contributed by atoms with Gasteiger partial charge in [-0.3, -0.25) is 4.79 Å². The van der Waals surface area contributed by atoms with Crippen LogP contribution in [0.4, 0.5) is 0 Å². The minimum atomic E-state index is -0.994. The molecule has 0 saturated carbocycles. The van der Waals surface area contributed by atoms with Crippen molar-refractivity contribution in [2.24, 2.45) is 0 Å². The molecule has 0 heterocycles. The summed E-state index contributed by atoms with van der Waals surface area (Å²) >= 11 is 1.00. The number of carbonyl (C=O) groups excluding carboxylic acids is 1. The monoisotopic (exact) mass is 286 g/mol. The lowest BCUT2D eigenvalue weighted by Gasteiger charge is -2.04. The maximum Gasteiger partial charge on any atom is 0.332 e. The molecule has 0 radical (unpaired) electrons. The molecule has 2 aromatic carbocycles. The fourth-order valence-corrected chi connectivity index (χ4v) is 2.47. The molecule has 4 heteroatoms. The van der Waals surface area contributed by atoms with E-state index < -0.39 is 5.97 Å². The highest BCUT2D eigenvalue weighted by atomic mass is 32.2. The van der Waals surface area contributed by atoms with E-state index in [0.29, 0.717) is 0 Å². The first-order valence-electron chi connectivity index (χ1n) is 6.13. The summed E-state index contributed by atoms with van der Waals surface area (Å²) in [5.41, 5.74) is 1.08. The SMILES string of the molecule is CC(=O)SCC(=Cc1cccc2ccccc12)C(=O)O. The van der Waals surface area contributed by atoms with E-state index in [2.05, 4.69) is 0 Å². The summed E-state index contributed by atoms with van der Waals surface area (Å²) in [6.45, 7) is 1.43. The molecule has 3 nitrogen and oxygen atoms in total. The number of carboxylic acid groups (broad SMARTS) is 1. The van der Waals surface area contributed by atoms with Crippen LogP contribution in [0.3, 0.4) is 0 Å². The van der Waals surface area contributed by atoms with Crippen LogP contribution in [0.25, 0.3) is 16.8 Å². The average molecular weight is 286 g/mol. The highest BCUT2D eigenvalue weighted by Crippen LogP contribution is 2.22. The minimum Gasteiger partial charge on any atom is -0.478 e. The Morgan fingerprint density at radius 2 is 1.85 bits per heavy atom. The van der Waals surface area contributed by atoms with Gasteiger partial charge in [0.2, 0.25) is 0 Å². The van der Waals surface area contributed by atoms with Crippen LogP contribution in [0.5, 0.6) is 0 Å².